The van der Waals surface area contributed by atoms with Crippen molar-refractivity contribution in [2.24, 2.45) is 0 Å². The van der Waals surface area contributed by atoms with Gasteiger partial charge in [-0.25, -0.2) is 0 Å². The minimum Gasteiger partial charge on any atom is -0.482 e. The number of rotatable bonds is 6. The quantitative estimate of drug-likeness (QED) is 0.794. The first-order valence-electron chi connectivity index (χ1n) is 7.11. The monoisotopic (exact) mass is 294 g/mol. The van der Waals surface area contributed by atoms with E-state index in [1.54, 1.807) is 30.1 Å². The van der Waals surface area contributed by atoms with Crippen molar-refractivity contribution in [2.45, 2.75) is 13.0 Å². The van der Waals surface area contributed by atoms with E-state index in [0.717, 1.165) is 12.1 Å². The molecule has 0 bridgehead atoms. The molecule has 21 heavy (non-hydrogen) atoms. The highest BCUT2D eigenvalue weighted by Crippen LogP contribution is 2.33. The van der Waals surface area contributed by atoms with Crippen LogP contribution in [0.4, 0.5) is 5.69 Å². The van der Waals surface area contributed by atoms with Crippen LogP contribution in [0, 0.1) is 0 Å². The Balaban J connectivity index is 2.15. The molecule has 0 saturated carbocycles. The normalized spacial score (nSPS) is 15.9. The van der Waals surface area contributed by atoms with Crippen LogP contribution in [0.1, 0.15) is 18.6 Å². The summed E-state index contributed by atoms with van der Waals surface area (Å²) < 4.78 is 5.37. The maximum atomic E-state index is 11.6. The highest BCUT2D eigenvalue weighted by Gasteiger charge is 2.23. The van der Waals surface area contributed by atoms with Crippen molar-refractivity contribution in [3.05, 3.63) is 23.8 Å². The van der Waals surface area contributed by atoms with Crippen LogP contribution in [0.3, 0.4) is 0 Å². The van der Waals surface area contributed by atoms with Gasteiger partial charge in [-0.2, -0.15) is 0 Å². The predicted molar refractivity (Wildman–Crippen MR) is 79.5 cm³/mol. The van der Waals surface area contributed by atoms with E-state index in [0.29, 0.717) is 24.5 Å². The van der Waals surface area contributed by atoms with Crippen LogP contribution in [0.2, 0.25) is 0 Å². The molecule has 1 aromatic rings. The summed E-state index contributed by atoms with van der Waals surface area (Å²) in [6.45, 7) is 3.81. The third-order valence-electron chi connectivity index (χ3n) is 3.75. The number of anilines is 1. The summed E-state index contributed by atoms with van der Waals surface area (Å²) in [6, 6.07) is 5.36. The lowest BCUT2D eigenvalue weighted by atomic mass is 10.1. The highest BCUT2D eigenvalue weighted by molar-refractivity contribution is 5.97. The molecule has 6 nitrogen and oxygen atoms in total. The third-order valence-corrected chi connectivity index (χ3v) is 3.75. The van der Waals surface area contributed by atoms with Gasteiger partial charge in [0, 0.05) is 20.1 Å². The van der Waals surface area contributed by atoms with Gasteiger partial charge in [-0.3, -0.25) is 9.69 Å². The smallest absolute Gasteiger partial charge is 0.264 e. The van der Waals surface area contributed by atoms with E-state index in [2.05, 4.69) is 0 Å². The van der Waals surface area contributed by atoms with E-state index in [1.165, 1.54) is 0 Å². The first kappa shape index (κ1) is 15.8. The van der Waals surface area contributed by atoms with Crippen molar-refractivity contribution in [1.82, 2.24) is 4.90 Å². The van der Waals surface area contributed by atoms with E-state index in [1.807, 2.05) is 11.8 Å². The molecule has 0 radical (unpaired) electrons. The Morgan fingerprint density at radius 1 is 1.48 bits per heavy atom. The Morgan fingerprint density at radius 3 is 2.90 bits per heavy atom. The minimum atomic E-state index is -0.674. The van der Waals surface area contributed by atoms with Crippen LogP contribution in [0.5, 0.6) is 5.75 Å². The van der Waals surface area contributed by atoms with Gasteiger partial charge in [0.15, 0.2) is 6.61 Å². The molecule has 0 aromatic heterocycles. The van der Waals surface area contributed by atoms with Crippen molar-refractivity contribution in [3.63, 3.8) is 0 Å². The Hall–Kier alpha value is -1.63. The maximum Gasteiger partial charge on any atom is 0.264 e. The van der Waals surface area contributed by atoms with Crippen molar-refractivity contribution in [3.8, 4) is 5.75 Å². The standard InChI is InChI=1S/C15H22N2O4/c1-3-17(6-7-18)9-13(19)11-4-5-14-12(8-11)16(2)15(20)10-21-14/h4-5,8,13,18-19H,3,6-7,9-10H2,1-2H3. The molecular weight excluding hydrogens is 272 g/mol. The first-order valence-corrected chi connectivity index (χ1v) is 7.11. The fourth-order valence-corrected chi connectivity index (χ4v) is 2.37. The number of nitrogens with zero attached hydrogens (tertiary/aromatic N) is 2. The van der Waals surface area contributed by atoms with Crippen molar-refractivity contribution in [2.75, 3.05) is 44.8 Å². The van der Waals surface area contributed by atoms with Crippen molar-refractivity contribution >= 4 is 11.6 Å². The lowest BCUT2D eigenvalue weighted by molar-refractivity contribution is -0.120. The van der Waals surface area contributed by atoms with E-state index in [4.69, 9.17) is 9.84 Å². The molecular formula is C15H22N2O4. The first-order chi connectivity index (χ1) is 10.1. The summed E-state index contributed by atoms with van der Waals surface area (Å²) in [5.74, 6) is 0.542. The van der Waals surface area contributed by atoms with E-state index >= 15 is 0 Å². The van der Waals surface area contributed by atoms with Crippen molar-refractivity contribution in [1.29, 1.82) is 0 Å². The number of ether oxygens (including phenoxy) is 1. The molecule has 0 aliphatic carbocycles. The summed E-state index contributed by atoms with van der Waals surface area (Å²) in [5.41, 5.74) is 1.41. The van der Waals surface area contributed by atoms with Gasteiger partial charge in [-0.05, 0) is 24.2 Å². The Kier molecular flexibility index (Phi) is 5.17. The molecule has 1 aliphatic heterocycles. The molecule has 1 heterocycles. The summed E-state index contributed by atoms with van der Waals surface area (Å²) in [6.07, 6.45) is -0.674. The number of aliphatic hydroxyl groups excluding tert-OH is 2. The second kappa shape index (κ2) is 6.89. The molecule has 1 unspecified atom stereocenters. The maximum absolute atomic E-state index is 11.6. The SMILES string of the molecule is CCN(CCO)CC(O)c1ccc2c(c1)N(C)C(=O)CO2. The number of fused-ring (bicyclic) bond motifs is 1. The van der Waals surface area contributed by atoms with Gasteiger partial charge in [0.25, 0.3) is 5.91 Å². The summed E-state index contributed by atoms with van der Waals surface area (Å²) in [7, 11) is 1.70. The predicted octanol–water partition coefficient (Wildman–Crippen LogP) is 0.389. The van der Waals surface area contributed by atoms with Crippen LogP contribution >= 0.6 is 0 Å². The average molecular weight is 294 g/mol. The third kappa shape index (κ3) is 3.53. The molecule has 0 spiro atoms. The summed E-state index contributed by atoms with van der Waals surface area (Å²) in [4.78, 5) is 15.2. The molecule has 1 amide bonds. The summed E-state index contributed by atoms with van der Waals surface area (Å²) in [5, 5.41) is 19.3. The van der Waals surface area contributed by atoms with Crippen LogP contribution < -0.4 is 9.64 Å². The zero-order chi connectivity index (χ0) is 15.4. The highest BCUT2D eigenvalue weighted by atomic mass is 16.5. The number of carbonyl (C=O) groups is 1. The van der Waals surface area contributed by atoms with E-state index < -0.39 is 6.10 Å². The van der Waals surface area contributed by atoms with E-state index in [-0.39, 0.29) is 19.1 Å². The largest absolute Gasteiger partial charge is 0.482 e. The zero-order valence-corrected chi connectivity index (χ0v) is 12.5. The molecule has 1 aromatic carbocycles. The number of amides is 1. The van der Waals surface area contributed by atoms with Gasteiger partial charge < -0.3 is 19.8 Å². The fourth-order valence-electron chi connectivity index (χ4n) is 2.37. The van der Waals surface area contributed by atoms with Crippen LogP contribution in [0.15, 0.2) is 18.2 Å². The van der Waals surface area contributed by atoms with Crippen molar-refractivity contribution < 1.29 is 19.7 Å². The number of hydrogen-bond acceptors (Lipinski definition) is 5. The Morgan fingerprint density at radius 2 is 2.24 bits per heavy atom. The minimum absolute atomic E-state index is 0.0471. The van der Waals surface area contributed by atoms with E-state index in [9.17, 15) is 9.90 Å². The van der Waals surface area contributed by atoms with Gasteiger partial charge in [-0.15, -0.1) is 0 Å². The molecule has 6 heteroatoms. The second-order valence-corrected chi connectivity index (χ2v) is 5.10. The number of aliphatic hydroxyl groups is 2. The van der Waals surface area contributed by atoms with Gasteiger partial charge in [-0.1, -0.05) is 13.0 Å². The molecule has 1 aliphatic rings. The topological polar surface area (TPSA) is 73.2 Å². The number of likely N-dealkylation sites (N-methyl/N-ethyl adjacent to an activating group) is 2. The van der Waals surface area contributed by atoms with Gasteiger partial charge in [0.1, 0.15) is 5.75 Å². The summed E-state index contributed by atoms with van der Waals surface area (Å²) >= 11 is 0. The lowest BCUT2D eigenvalue weighted by Crippen LogP contribution is -2.35. The van der Waals surface area contributed by atoms with Gasteiger partial charge in [0.2, 0.25) is 0 Å². The fraction of sp³-hybridized carbons (Fsp3) is 0.533. The molecule has 116 valence electrons. The van der Waals surface area contributed by atoms with Gasteiger partial charge in [0.05, 0.1) is 18.4 Å². The van der Waals surface area contributed by atoms with Crippen LogP contribution in [0.25, 0.3) is 0 Å². The Labute approximate surface area is 124 Å². The van der Waals surface area contributed by atoms with Crippen LogP contribution in [-0.2, 0) is 4.79 Å². The molecule has 0 fully saturated rings. The molecule has 2 rings (SSSR count). The zero-order valence-electron chi connectivity index (χ0n) is 12.5. The lowest BCUT2D eigenvalue weighted by Gasteiger charge is -2.28. The molecule has 2 N–H and O–H groups in total. The second-order valence-electron chi connectivity index (χ2n) is 5.10. The number of benzene rings is 1. The van der Waals surface area contributed by atoms with Crippen LogP contribution in [-0.4, -0.2) is 60.9 Å². The molecule has 1 atom stereocenters. The number of hydrogen-bond donors (Lipinski definition) is 2. The molecule has 0 saturated heterocycles. The van der Waals surface area contributed by atoms with Gasteiger partial charge >= 0.3 is 0 Å². The average Bonchev–Trinajstić information content (AvgIpc) is 2.50. The Bertz CT molecular complexity index is 506. The number of carbonyl (C=O) groups excluding carboxylic acids is 1.